The number of methoxy groups -OCH3 is 2. The Hall–Kier alpha value is -3.42. The van der Waals surface area contributed by atoms with E-state index >= 15 is 0 Å². The van der Waals surface area contributed by atoms with Crippen LogP contribution in [-0.4, -0.2) is 32.8 Å². The van der Waals surface area contributed by atoms with Crippen LogP contribution in [0.5, 0.6) is 11.5 Å². The first-order valence-corrected chi connectivity index (χ1v) is 8.08. The van der Waals surface area contributed by atoms with E-state index in [0.29, 0.717) is 16.7 Å². The highest BCUT2D eigenvalue weighted by Gasteiger charge is 2.10. The molecule has 0 aromatic heterocycles. The molecule has 0 saturated heterocycles. The number of benzene rings is 2. The van der Waals surface area contributed by atoms with Crippen molar-refractivity contribution < 1.29 is 37.3 Å². The molecule has 0 radical (unpaired) electrons. The van der Waals surface area contributed by atoms with Crippen LogP contribution in [0, 0.1) is 0 Å². The second kappa shape index (κ2) is 10.1. The molecule has 0 heterocycles. The molecule has 2 aromatic rings. The minimum absolute atomic E-state index is 0.0229. The highest BCUT2D eigenvalue weighted by molar-refractivity contribution is 5.89. The lowest BCUT2D eigenvalue weighted by Gasteiger charge is -2.10. The molecule has 0 fully saturated rings. The summed E-state index contributed by atoms with van der Waals surface area (Å²) in [7, 11) is 2.61. The fraction of sp³-hybridized carbons (Fsp3) is 0.200. The summed E-state index contributed by atoms with van der Waals surface area (Å²) < 4.78 is 43.7. The largest absolute Gasteiger partial charge is 0.493 e. The first-order valence-electron chi connectivity index (χ1n) is 8.08. The van der Waals surface area contributed by atoms with Gasteiger partial charge in [-0.3, -0.25) is 0 Å². The van der Waals surface area contributed by atoms with Gasteiger partial charge in [0.1, 0.15) is 6.61 Å². The molecule has 8 heteroatoms. The number of hydrogen-bond donors (Lipinski definition) is 0. The minimum atomic E-state index is -2.97. The Labute approximate surface area is 160 Å². The van der Waals surface area contributed by atoms with Gasteiger partial charge in [-0.1, -0.05) is 18.2 Å². The van der Waals surface area contributed by atoms with Crippen LogP contribution in [0.2, 0.25) is 0 Å². The van der Waals surface area contributed by atoms with Crippen molar-refractivity contribution in [1.29, 1.82) is 0 Å². The van der Waals surface area contributed by atoms with Crippen LogP contribution in [0.4, 0.5) is 8.78 Å². The molecule has 0 saturated carbocycles. The molecule has 0 bridgehead atoms. The molecular formula is C20H18F2O6. The molecule has 0 spiro atoms. The van der Waals surface area contributed by atoms with Crippen LogP contribution in [0.1, 0.15) is 21.5 Å². The van der Waals surface area contributed by atoms with Crippen molar-refractivity contribution in [2.75, 3.05) is 14.2 Å². The Kier molecular flexibility index (Phi) is 7.50. The van der Waals surface area contributed by atoms with Crippen LogP contribution in [0.15, 0.2) is 48.5 Å². The molecule has 0 amide bonds. The average molecular weight is 392 g/mol. The second-order valence-corrected chi connectivity index (χ2v) is 5.42. The summed E-state index contributed by atoms with van der Waals surface area (Å²) in [4.78, 5) is 23.2. The molecule has 0 atom stereocenters. The molecule has 0 aliphatic heterocycles. The lowest BCUT2D eigenvalue weighted by atomic mass is 10.1. The zero-order valence-corrected chi connectivity index (χ0v) is 15.2. The van der Waals surface area contributed by atoms with E-state index in [1.165, 1.54) is 44.6 Å². The summed E-state index contributed by atoms with van der Waals surface area (Å²) in [5.74, 6) is -1.04. The predicted molar refractivity (Wildman–Crippen MR) is 96.2 cm³/mol. The molecule has 0 N–H and O–H groups in total. The third kappa shape index (κ3) is 6.08. The molecule has 148 valence electrons. The predicted octanol–water partition coefficient (Wildman–Crippen LogP) is 3.84. The minimum Gasteiger partial charge on any atom is -0.493 e. The van der Waals surface area contributed by atoms with E-state index in [2.05, 4.69) is 9.47 Å². The number of rotatable bonds is 8. The Balaban J connectivity index is 1.93. The normalized spacial score (nSPS) is 10.8. The Morgan fingerprint density at radius 1 is 1.04 bits per heavy atom. The van der Waals surface area contributed by atoms with Crippen molar-refractivity contribution in [3.8, 4) is 11.5 Å². The monoisotopic (exact) mass is 392 g/mol. The van der Waals surface area contributed by atoms with Crippen molar-refractivity contribution in [2.45, 2.75) is 13.2 Å². The first kappa shape index (κ1) is 20.9. The van der Waals surface area contributed by atoms with E-state index in [-0.39, 0.29) is 18.1 Å². The van der Waals surface area contributed by atoms with E-state index in [9.17, 15) is 18.4 Å². The second-order valence-electron chi connectivity index (χ2n) is 5.42. The summed E-state index contributed by atoms with van der Waals surface area (Å²) in [6.45, 7) is -2.94. The molecule has 0 aliphatic carbocycles. The lowest BCUT2D eigenvalue weighted by Crippen LogP contribution is -2.04. The van der Waals surface area contributed by atoms with Crippen molar-refractivity contribution in [3.63, 3.8) is 0 Å². The van der Waals surface area contributed by atoms with Crippen molar-refractivity contribution in [2.24, 2.45) is 0 Å². The highest BCUT2D eigenvalue weighted by Crippen LogP contribution is 2.29. The smallest absolute Gasteiger partial charge is 0.387 e. The Morgan fingerprint density at radius 2 is 1.75 bits per heavy atom. The Morgan fingerprint density at radius 3 is 2.36 bits per heavy atom. The van der Waals surface area contributed by atoms with Gasteiger partial charge in [0.2, 0.25) is 0 Å². The number of alkyl halides is 2. The van der Waals surface area contributed by atoms with E-state index < -0.39 is 18.6 Å². The summed E-state index contributed by atoms with van der Waals surface area (Å²) in [5, 5.41) is 0. The first-order chi connectivity index (χ1) is 13.4. The van der Waals surface area contributed by atoms with Gasteiger partial charge in [0.15, 0.2) is 11.5 Å². The summed E-state index contributed by atoms with van der Waals surface area (Å²) in [5.41, 5.74) is 1.63. The number of esters is 2. The molecule has 2 aromatic carbocycles. The highest BCUT2D eigenvalue weighted by atomic mass is 19.3. The van der Waals surface area contributed by atoms with E-state index in [1.54, 1.807) is 24.3 Å². The topological polar surface area (TPSA) is 71.1 Å². The van der Waals surface area contributed by atoms with Gasteiger partial charge in [0.25, 0.3) is 0 Å². The van der Waals surface area contributed by atoms with Gasteiger partial charge in [-0.05, 0) is 41.5 Å². The summed E-state index contributed by atoms with van der Waals surface area (Å²) >= 11 is 0. The maximum atomic E-state index is 12.3. The summed E-state index contributed by atoms with van der Waals surface area (Å²) in [6, 6.07) is 10.7. The van der Waals surface area contributed by atoms with E-state index in [0.717, 1.165) is 0 Å². The van der Waals surface area contributed by atoms with Crippen LogP contribution >= 0.6 is 0 Å². The fourth-order valence-electron chi connectivity index (χ4n) is 2.20. The third-order valence-electron chi connectivity index (χ3n) is 3.57. The number of hydrogen-bond acceptors (Lipinski definition) is 6. The van der Waals surface area contributed by atoms with Crippen LogP contribution < -0.4 is 9.47 Å². The third-order valence-corrected chi connectivity index (χ3v) is 3.57. The molecule has 28 heavy (non-hydrogen) atoms. The fourth-order valence-corrected chi connectivity index (χ4v) is 2.20. The standard InChI is InChI=1S/C20H18F2O6/c1-25-17-11-13(5-9-16(17)28-20(21)22)6-10-18(23)27-12-14-3-7-15(8-4-14)19(24)26-2/h3-11,20H,12H2,1-2H3. The van der Waals surface area contributed by atoms with Crippen LogP contribution in [0.25, 0.3) is 6.08 Å². The number of carbonyl (C=O) groups excluding carboxylic acids is 2. The average Bonchev–Trinajstić information content (AvgIpc) is 2.70. The van der Waals surface area contributed by atoms with Crippen LogP contribution in [-0.2, 0) is 20.9 Å². The molecule has 2 rings (SSSR count). The lowest BCUT2D eigenvalue weighted by molar-refractivity contribution is -0.138. The van der Waals surface area contributed by atoms with Crippen molar-refractivity contribution in [1.82, 2.24) is 0 Å². The van der Waals surface area contributed by atoms with Gasteiger partial charge < -0.3 is 18.9 Å². The van der Waals surface area contributed by atoms with Gasteiger partial charge in [-0.15, -0.1) is 0 Å². The van der Waals surface area contributed by atoms with Crippen molar-refractivity contribution >= 4 is 18.0 Å². The van der Waals surface area contributed by atoms with E-state index in [1.807, 2.05) is 0 Å². The van der Waals surface area contributed by atoms with Crippen LogP contribution in [0.3, 0.4) is 0 Å². The zero-order chi connectivity index (χ0) is 20.5. The number of halogens is 2. The zero-order valence-electron chi connectivity index (χ0n) is 15.2. The SMILES string of the molecule is COC(=O)c1ccc(COC(=O)C=Cc2ccc(OC(F)F)c(OC)c2)cc1. The maximum Gasteiger partial charge on any atom is 0.387 e. The van der Waals surface area contributed by atoms with Crippen molar-refractivity contribution in [3.05, 3.63) is 65.2 Å². The number of carbonyl (C=O) groups is 2. The van der Waals surface area contributed by atoms with Gasteiger partial charge >= 0.3 is 18.6 Å². The summed E-state index contributed by atoms with van der Waals surface area (Å²) in [6.07, 6.45) is 2.66. The quantitative estimate of drug-likeness (QED) is 0.502. The molecule has 6 nitrogen and oxygen atoms in total. The van der Waals surface area contributed by atoms with Gasteiger partial charge in [-0.2, -0.15) is 8.78 Å². The molecular weight excluding hydrogens is 374 g/mol. The van der Waals surface area contributed by atoms with E-state index in [4.69, 9.17) is 9.47 Å². The van der Waals surface area contributed by atoms with Gasteiger partial charge in [-0.25, -0.2) is 9.59 Å². The molecule has 0 aliphatic rings. The Bertz CT molecular complexity index is 846. The van der Waals surface area contributed by atoms with Gasteiger partial charge in [0.05, 0.1) is 19.8 Å². The number of ether oxygens (including phenoxy) is 4. The maximum absolute atomic E-state index is 12.3. The van der Waals surface area contributed by atoms with Gasteiger partial charge in [0, 0.05) is 6.08 Å². The molecule has 0 unspecified atom stereocenters.